The Bertz CT molecular complexity index is 680. The molecule has 2 fully saturated rings. The summed E-state index contributed by atoms with van der Waals surface area (Å²) < 4.78 is 41.1. The number of benzene rings is 1. The Morgan fingerprint density at radius 1 is 0.906 bits per heavy atom. The first kappa shape index (κ1) is 26.1. The summed E-state index contributed by atoms with van der Waals surface area (Å²) in [6.45, 7) is 2.30. The average Bonchev–Trinajstić information content (AvgIpc) is 2.80. The highest BCUT2D eigenvalue weighted by molar-refractivity contribution is 6.58. The zero-order valence-corrected chi connectivity index (χ0v) is 21.8. The molecule has 1 aliphatic carbocycles. The predicted molar refractivity (Wildman–Crippen MR) is 133 cm³/mol. The lowest BCUT2D eigenvalue weighted by atomic mass is 9.76. The van der Waals surface area contributed by atoms with Crippen LogP contribution >= 0.6 is 11.6 Å². The minimum Gasteiger partial charge on any atom is -0.205 e. The minimum absolute atomic E-state index is 0.0405. The summed E-state index contributed by atoms with van der Waals surface area (Å²) in [5, 5.41) is -0.204. The molecule has 32 heavy (non-hydrogen) atoms. The van der Waals surface area contributed by atoms with Crippen molar-refractivity contribution in [2.75, 3.05) is 0 Å². The highest BCUT2D eigenvalue weighted by atomic mass is 35.5. The van der Waals surface area contributed by atoms with E-state index in [1.54, 1.807) is 24.2 Å². The Labute approximate surface area is 200 Å². The third-order valence-electron chi connectivity index (χ3n) is 8.33. The number of alkyl halides is 2. The summed E-state index contributed by atoms with van der Waals surface area (Å²) in [5.74, 6) is 0.797. The van der Waals surface area contributed by atoms with E-state index in [1.807, 2.05) is 0 Å². The smallest absolute Gasteiger partial charge is 0.205 e. The molecule has 1 aliphatic heterocycles. The Morgan fingerprint density at radius 2 is 1.53 bits per heavy atom. The van der Waals surface area contributed by atoms with Crippen LogP contribution in [-0.4, -0.2) is 8.80 Å². The van der Waals surface area contributed by atoms with Gasteiger partial charge in [0.25, 0.3) is 6.43 Å². The van der Waals surface area contributed by atoms with Gasteiger partial charge < -0.3 is 0 Å². The SMILES string of the molecule is CCCCC[SiH]1CCC(CCCC[C@H]2CC[C@H](c3ccc(Cl)c(F)c3C(F)F)CC2)CC1. The van der Waals surface area contributed by atoms with E-state index in [-0.39, 0.29) is 19.7 Å². The van der Waals surface area contributed by atoms with E-state index in [0.29, 0.717) is 11.5 Å². The van der Waals surface area contributed by atoms with Gasteiger partial charge in [0.05, 0.1) is 10.6 Å². The molecule has 182 valence electrons. The number of hydrogen-bond acceptors (Lipinski definition) is 0. The van der Waals surface area contributed by atoms with Gasteiger partial charge in [-0.25, -0.2) is 13.2 Å². The number of hydrogen-bond donors (Lipinski definition) is 0. The zero-order chi connectivity index (χ0) is 22.9. The first-order chi connectivity index (χ1) is 15.5. The summed E-state index contributed by atoms with van der Waals surface area (Å²) in [6.07, 6.45) is 13.7. The maximum absolute atomic E-state index is 14.2. The van der Waals surface area contributed by atoms with Gasteiger partial charge in [-0.3, -0.25) is 0 Å². The van der Waals surface area contributed by atoms with Crippen LogP contribution in [0.2, 0.25) is 23.2 Å². The van der Waals surface area contributed by atoms with Gasteiger partial charge in [-0.15, -0.1) is 0 Å². The van der Waals surface area contributed by atoms with E-state index >= 15 is 0 Å². The summed E-state index contributed by atoms with van der Waals surface area (Å²) in [5.41, 5.74) is 0.0123. The summed E-state index contributed by atoms with van der Waals surface area (Å²) in [4.78, 5) is 0. The largest absolute Gasteiger partial charge is 0.266 e. The van der Waals surface area contributed by atoms with Crippen LogP contribution in [0.25, 0.3) is 0 Å². The molecule has 2 aliphatic rings. The summed E-state index contributed by atoms with van der Waals surface area (Å²) >= 11 is 5.75. The quantitative estimate of drug-likeness (QED) is 0.215. The van der Waals surface area contributed by atoms with E-state index < -0.39 is 17.8 Å². The molecule has 0 amide bonds. The van der Waals surface area contributed by atoms with E-state index in [0.717, 1.165) is 31.6 Å². The van der Waals surface area contributed by atoms with Crippen LogP contribution in [0.3, 0.4) is 0 Å². The molecule has 1 saturated carbocycles. The Morgan fingerprint density at radius 3 is 2.12 bits per heavy atom. The molecule has 0 nitrogen and oxygen atoms in total. The molecule has 0 bridgehead atoms. The molecule has 0 atom stereocenters. The second kappa shape index (κ2) is 13.4. The van der Waals surface area contributed by atoms with Gasteiger partial charge in [0.15, 0.2) is 5.82 Å². The molecule has 0 N–H and O–H groups in total. The minimum atomic E-state index is -2.81. The fraction of sp³-hybridized carbons (Fsp3) is 0.778. The first-order valence-electron chi connectivity index (χ1n) is 13.3. The average molecular weight is 487 g/mol. The third-order valence-corrected chi connectivity index (χ3v) is 12.1. The van der Waals surface area contributed by atoms with Crippen LogP contribution in [-0.2, 0) is 0 Å². The second-order valence-corrected chi connectivity index (χ2v) is 14.4. The normalized spacial score (nSPS) is 26.6. The van der Waals surface area contributed by atoms with E-state index in [2.05, 4.69) is 6.92 Å². The topological polar surface area (TPSA) is 0 Å². The summed E-state index contributed by atoms with van der Waals surface area (Å²) in [7, 11) is -0.387. The third kappa shape index (κ3) is 7.51. The number of halogens is 4. The molecule has 0 spiro atoms. The lowest BCUT2D eigenvalue weighted by molar-refractivity contribution is 0.143. The van der Waals surface area contributed by atoms with Gasteiger partial charge in [0.1, 0.15) is 0 Å². The lowest BCUT2D eigenvalue weighted by Gasteiger charge is -2.30. The first-order valence-corrected chi connectivity index (χ1v) is 16.1. The molecule has 0 radical (unpaired) electrons. The number of rotatable bonds is 11. The lowest BCUT2D eigenvalue weighted by Crippen LogP contribution is -2.21. The van der Waals surface area contributed by atoms with Crippen molar-refractivity contribution in [3.8, 4) is 0 Å². The van der Waals surface area contributed by atoms with Crippen molar-refractivity contribution in [1.29, 1.82) is 0 Å². The molecule has 1 heterocycles. The van der Waals surface area contributed by atoms with Crippen LogP contribution in [0.5, 0.6) is 0 Å². The van der Waals surface area contributed by atoms with Crippen LogP contribution in [0.15, 0.2) is 12.1 Å². The Balaban J connectivity index is 1.33. The molecule has 1 aromatic carbocycles. The van der Waals surface area contributed by atoms with Crippen molar-refractivity contribution < 1.29 is 13.2 Å². The zero-order valence-electron chi connectivity index (χ0n) is 19.9. The van der Waals surface area contributed by atoms with Gasteiger partial charge in [-0.1, -0.05) is 101 Å². The van der Waals surface area contributed by atoms with E-state index in [1.165, 1.54) is 63.9 Å². The van der Waals surface area contributed by atoms with E-state index in [4.69, 9.17) is 11.6 Å². The van der Waals surface area contributed by atoms with Crippen molar-refractivity contribution in [2.45, 2.75) is 121 Å². The Kier molecular flexibility index (Phi) is 11.0. The maximum Gasteiger partial charge on any atom is 0.266 e. The molecule has 1 saturated heterocycles. The van der Waals surface area contributed by atoms with Crippen molar-refractivity contribution >= 4 is 20.4 Å². The van der Waals surface area contributed by atoms with Gasteiger partial charge in [0, 0.05) is 8.80 Å². The molecule has 3 rings (SSSR count). The molecule has 1 aromatic rings. The van der Waals surface area contributed by atoms with Gasteiger partial charge in [-0.2, -0.15) is 0 Å². The predicted octanol–water partition coefficient (Wildman–Crippen LogP) is 10.1. The molecular weight excluding hydrogens is 445 g/mol. The second-order valence-electron chi connectivity index (χ2n) is 10.5. The molecule has 0 unspecified atom stereocenters. The molecule has 5 heteroatoms. The van der Waals surface area contributed by atoms with Crippen LogP contribution in [0, 0.1) is 17.7 Å². The van der Waals surface area contributed by atoms with Crippen molar-refractivity contribution in [1.82, 2.24) is 0 Å². The summed E-state index contributed by atoms with van der Waals surface area (Å²) in [6, 6.07) is 7.82. The van der Waals surface area contributed by atoms with E-state index in [9.17, 15) is 13.2 Å². The van der Waals surface area contributed by atoms with Crippen LogP contribution < -0.4 is 0 Å². The molecular formula is C27H42ClF3Si. The van der Waals surface area contributed by atoms with Crippen molar-refractivity contribution in [2.24, 2.45) is 11.8 Å². The highest BCUT2D eigenvalue weighted by Crippen LogP contribution is 2.42. The van der Waals surface area contributed by atoms with Gasteiger partial charge in [0.2, 0.25) is 0 Å². The number of unbranched alkanes of at least 4 members (excludes halogenated alkanes) is 3. The fourth-order valence-electron chi connectivity index (χ4n) is 6.28. The van der Waals surface area contributed by atoms with Gasteiger partial charge in [-0.05, 0) is 55.1 Å². The van der Waals surface area contributed by atoms with Crippen molar-refractivity contribution in [3.05, 3.63) is 34.1 Å². The standard InChI is InChI=1S/C27H42ClF3Si/c1-2-3-6-17-32-18-15-21(16-19-32)8-5-4-7-20-9-11-22(12-10-20)23-13-14-24(28)26(29)25(23)27(30)31/h13-14,20-22,27,32H,2-12,15-19H2,1H3/t20-,21?,22-,32?. The monoisotopic (exact) mass is 486 g/mol. The van der Waals surface area contributed by atoms with Crippen LogP contribution in [0.4, 0.5) is 13.2 Å². The van der Waals surface area contributed by atoms with Crippen LogP contribution in [0.1, 0.15) is 114 Å². The molecule has 0 aromatic heterocycles. The van der Waals surface area contributed by atoms with Gasteiger partial charge >= 0.3 is 0 Å². The van der Waals surface area contributed by atoms with Crippen molar-refractivity contribution in [3.63, 3.8) is 0 Å². The fourth-order valence-corrected chi connectivity index (χ4v) is 10.1. The highest BCUT2D eigenvalue weighted by Gasteiger charge is 2.29. The Hall–Kier alpha value is -0.483. The maximum atomic E-state index is 14.2.